The van der Waals surface area contributed by atoms with Crippen molar-refractivity contribution in [2.45, 2.75) is 20.4 Å². The van der Waals surface area contributed by atoms with Gasteiger partial charge in [0.15, 0.2) is 11.6 Å². The van der Waals surface area contributed by atoms with Crippen LogP contribution >= 0.6 is 0 Å². The third kappa shape index (κ3) is 7.50. The number of rotatable bonds is 10. The fourth-order valence-corrected chi connectivity index (χ4v) is 3.39. The molecule has 0 aliphatic heterocycles. The van der Waals surface area contributed by atoms with Crippen molar-refractivity contribution in [3.8, 4) is 0 Å². The lowest BCUT2D eigenvalue weighted by Crippen LogP contribution is -2.38. The molecule has 0 aromatic heterocycles. The predicted octanol–water partition coefficient (Wildman–Crippen LogP) is 4.17. The maximum Gasteiger partial charge on any atom is 0.238 e. The molecule has 3 aromatic carbocycles. The van der Waals surface area contributed by atoms with E-state index < -0.39 is 0 Å². The van der Waals surface area contributed by atoms with E-state index in [1.54, 1.807) is 53.4 Å². The van der Waals surface area contributed by atoms with Gasteiger partial charge >= 0.3 is 0 Å². The van der Waals surface area contributed by atoms with Gasteiger partial charge in [0.25, 0.3) is 0 Å². The highest BCUT2D eigenvalue weighted by atomic mass is 16.2. The van der Waals surface area contributed by atoms with Gasteiger partial charge in [0.05, 0.1) is 13.1 Å². The molecule has 2 amide bonds. The van der Waals surface area contributed by atoms with Crippen molar-refractivity contribution in [1.29, 1.82) is 0 Å². The van der Waals surface area contributed by atoms with Crippen LogP contribution < -0.4 is 10.6 Å². The van der Waals surface area contributed by atoms with Crippen molar-refractivity contribution in [2.75, 3.05) is 23.7 Å². The van der Waals surface area contributed by atoms with Crippen molar-refractivity contribution in [2.24, 2.45) is 0 Å². The van der Waals surface area contributed by atoms with Gasteiger partial charge in [-0.25, -0.2) is 0 Å². The van der Waals surface area contributed by atoms with E-state index in [4.69, 9.17) is 0 Å². The minimum absolute atomic E-state index is 0.0000480. The Kier molecular flexibility index (Phi) is 8.43. The molecule has 0 saturated carbocycles. The lowest BCUT2D eigenvalue weighted by Gasteiger charge is -2.21. The summed E-state index contributed by atoms with van der Waals surface area (Å²) in [6.07, 6.45) is 0. The number of hydrogen-bond acceptors (Lipinski definition) is 5. The van der Waals surface area contributed by atoms with Gasteiger partial charge in [-0.3, -0.25) is 24.1 Å². The van der Waals surface area contributed by atoms with E-state index in [2.05, 4.69) is 10.6 Å². The first-order valence-electron chi connectivity index (χ1n) is 10.9. The van der Waals surface area contributed by atoms with Crippen LogP contribution in [0.5, 0.6) is 0 Å². The molecular weight excluding hydrogens is 430 g/mol. The summed E-state index contributed by atoms with van der Waals surface area (Å²) in [6, 6.07) is 22.9. The standard InChI is InChI=1S/C27H27N3O4/c1-19(31)22-8-12-24(13-9-22)28-26(33)17-30(16-21-6-4-3-5-7-21)18-27(34)29-25-14-10-23(11-15-25)20(2)32/h3-15H,16-18H2,1-2H3,(H,28,33)(H,29,34). The number of nitrogens with zero attached hydrogens (tertiary/aromatic N) is 1. The fraction of sp³-hybridized carbons (Fsp3) is 0.185. The Labute approximate surface area is 198 Å². The average Bonchev–Trinajstić information content (AvgIpc) is 2.80. The molecule has 0 radical (unpaired) electrons. The summed E-state index contributed by atoms with van der Waals surface area (Å²) in [5, 5.41) is 5.62. The first-order valence-corrected chi connectivity index (χ1v) is 10.9. The van der Waals surface area contributed by atoms with E-state index in [1.165, 1.54) is 13.8 Å². The summed E-state index contributed by atoms with van der Waals surface area (Å²) in [5.41, 5.74) is 3.25. The lowest BCUT2D eigenvalue weighted by molar-refractivity contribution is -0.120. The Morgan fingerprint density at radius 3 is 1.41 bits per heavy atom. The highest BCUT2D eigenvalue weighted by Crippen LogP contribution is 2.12. The Hall–Kier alpha value is -4.10. The summed E-state index contributed by atoms with van der Waals surface area (Å²) < 4.78 is 0. The van der Waals surface area contributed by atoms with Crippen LogP contribution in [0.2, 0.25) is 0 Å². The molecule has 7 heteroatoms. The van der Waals surface area contributed by atoms with Crippen LogP contribution in [0.15, 0.2) is 78.9 Å². The van der Waals surface area contributed by atoms with Crippen LogP contribution in [-0.4, -0.2) is 41.4 Å². The zero-order chi connectivity index (χ0) is 24.5. The Balaban J connectivity index is 1.65. The molecular formula is C27H27N3O4. The van der Waals surface area contributed by atoms with Gasteiger partial charge in [-0.2, -0.15) is 0 Å². The molecule has 174 valence electrons. The summed E-state index contributed by atoms with van der Waals surface area (Å²) in [4.78, 5) is 50.0. The molecule has 0 aliphatic carbocycles. The van der Waals surface area contributed by atoms with E-state index in [9.17, 15) is 19.2 Å². The molecule has 3 aromatic rings. The number of amides is 2. The quantitative estimate of drug-likeness (QED) is 0.446. The van der Waals surface area contributed by atoms with Gasteiger partial charge in [0.1, 0.15) is 0 Å². The van der Waals surface area contributed by atoms with Crippen LogP contribution in [0.3, 0.4) is 0 Å². The third-order valence-corrected chi connectivity index (χ3v) is 5.13. The van der Waals surface area contributed by atoms with E-state index in [0.29, 0.717) is 29.0 Å². The number of carbonyl (C=O) groups excluding carboxylic acids is 4. The second-order valence-corrected chi connectivity index (χ2v) is 7.99. The van der Waals surface area contributed by atoms with Gasteiger partial charge < -0.3 is 10.6 Å². The molecule has 34 heavy (non-hydrogen) atoms. The Bertz CT molecular complexity index is 1080. The van der Waals surface area contributed by atoms with Crippen molar-refractivity contribution in [1.82, 2.24) is 4.90 Å². The lowest BCUT2D eigenvalue weighted by atomic mass is 10.1. The van der Waals surface area contributed by atoms with Crippen LogP contribution in [0, 0.1) is 0 Å². The van der Waals surface area contributed by atoms with Gasteiger partial charge in [-0.15, -0.1) is 0 Å². The average molecular weight is 458 g/mol. The van der Waals surface area contributed by atoms with E-state index >= 15 is 0 Å². The minimum Gasteiger partial charge on any atom is -0.325 e. The number of benzene rings is 3. The van der Waals surface area contributed by atoms with Gasteiger partial charge in [-0.1, -0.05) is 30.3 Å². The predicted molar refractivity (Wildman–Crippen MR) is 132 cm³/mol. The maximum atomic E-state index is 12.7. The first kappa shape index (κ1) is 24.5. The van der Waals surface area contributed by atoms with E-state index in [-0.39, 0.29) is 36.5 Å². The minimum atomic E-state index is -0.273. The van der Waals surface area contributed by atoms with Crippen molar-refractivity contribution in [3.63, 3.8) is 0 Å². The SMILES string of the molecule is CC(=O)c1ccc(NC(=O)CN(CC(=O)Nc2ccc(C(C)=O)cc2)Cc2ccccc2)cc1. The molecule has 0 bridgehead atoms. The van der Waals surface area contributed by atoms with Crippen LogP contribution in [0.4, 0.5) is 11.4 Å². The molecule has 0 atom stereocenters. The van der Waals surface area contributed by atoms with Crippen molar-refractivity contribution >= 4 is 34.8 Å². The number of hydrogen-bond donors (Lipinski definition) is 2. The first-order chi connectivity index (χ1) is 16.3. The summed E-state index contributed by atoms with van der Waals surface area (Å²) in [6.45, 7) is 3.38. The molecule has 3 rings (SSSR count). The summed E-state index contributed by atoms with van der Waals surface area (Å²) in [7, 11) is 0. The number of nitrogens with one attached hydrogen (secondary N) is 2. The van der Waals surface area contributed by atoms with Gasteiger partial charge in [0, 0.05) is 29.0 Å². The van der Waals surface area contributed by atoms with Crippen LogP contribution in [-0.2, 0) is 16.1 Å². The molecule has 0 fully saturated rings. The largest absolute Gasteiger partial charge is 0.325 e. The molecule has 0 spiro atoms. The topological polar surface area (TPSA) is 95.6 Å². The smallest absolute Gasteiger partial charge is 0.238 e. The molecule has 0 heterocycles. The molecule has 0 saturated heterocycles. The highest BCUT2D eigenvalue weighted by molar-refractivity contribution is 5.97. The van der Waals surface area contributed by atoms with Crippen molar-refractivity contribution < 1.29 is 19.2 Å². The number of anilines is 2. The number of ketones is 2. The van der Waals surface area contributed by atoms with Crippen LogP contribution in [0.1, 0.15) is 40.1 Å². The Morgan fingerprint density at radius 2 is 1.03 bits per heavy atom. The number of Topliss-reactive ketones (excluding diaryl/α,β-unsaturated/α-hetero) is 2. The molecule has 7 nitrogen and oxygen atoms in total. The third-order valence-electron chi connectivity index (χ3n) is 5.13. The molecule has 0 aliphatic rings. The maximum absolute atomic E-state index is 12.7. The van der Waals surface area contributed by atoms with E-state index in [0.717, 1.165) is 5.56 Å². The van der Waals surface area contributed by atoms with Gasteiger partial charge in [-0.05, 0) is 67.9 Å². The zero-order valence-corrected chi connectivity index (χ0v) is 19.2. The number of carbonyl (C=O) groups is 4. The highest BCUT2D eigenvalue weighted by Gasteiger charge is 2.16. The van der Waals surface area contributed by atoms with E-state index in [1.807, 2.05) is 30.3 Å². The van der Waals surface area contributed by atoms with Crippen LogP contribution in [0.25, 0.3) is 0 Å². The zero-order valence-electron chi connectivity index (χ0n) is 19.2. The van der Waals surface area contributed by atoms with Gasteiger partial charge in [0.2, 0.25) is 11.8 Å². The fourth-order valence-electron chi connectivity index (χ4n) is 3.39. The summed E-state index contributed by atoms with van der Waals surface area (Å²) in [5.74, 6) is -0.641. The molecule has 0 unspecified atom stereocenters. The monoisotopic (exact) mass is 457 g/mol. The second-order valence-electron chi connectivity index (χ2n) is 7.99. The second kappa shape index (κ2) is 11.7. The Morgan fingerprint density at radius 1 is 0.618 bits per heavy atom. The summed E-state index contributed by atoms with van der Waals surface area (Å²) >= 11 is 0. The van der Waals surface area contributed by atoms with Crippen molar-refractivity contribution in [3.05, 3.63) is 95.6 Å². The normalized spacial score (nSPS) is 10.6. The molecule has 2 N–H and O–H groups in total.